The number of aromatic nitrogens is 5. The molecule has 0 aliphatic carbocycles. The molecule has 0 bridgehead atoms. The maximum absolute atomic E-state index is 4.74. The molecule has 0 unspecified atom stereocenters. The highest BCUT2D eigenvalue weighted by atomic mass is 32.1. The van der Waals surface area contributed by atoms with Crippen LogP contribution < -0.4 is 5.32 Å². The number of anilines is 1. The Kier molecular flexibility index (Phi) is 4.07. The van der Waals surface area contributed by atoms with Crippen LogP contribution in [0.25, 0.3) is 17.2 Å². The third kappa shape index (κ3) is 3.06. The van der Waals surface area contributed by atoms with Crippen LogP contribution >= 0.6 is 11.3 Å². The predicted octanol–water partition coefficient (Wildman–Crippen LogP) is 3.95. The van der Waals surface area contributed by atoms with Crippen LogP contribution in [0.1, 0.15) is 17.0 Å². The van der Waals surface area contributed by atoms with Crippen molar-refractivity contribution in [2.24, 2.45) is 0 Å². The number of hydrogen-bond donors (Lipinski definition) is 2. The normalized spacial score (nSPS) is 11.0. The molecule has 4 aromatic rings. The number of nitrogens with one attached hydrogen (secondary N) is 2. The maximum Gasteiger partial charge on any atom is 0.229 e. The van der Waals surface area contributed by atoms with E-state index < -0.39 is 0 Å². The van der Waals surface area contributed by atoms with E-state index in [2.05, 4.69) is 62.5 Å². The minimum Gasteiger partial charge on any atom is -0.357 e. The van der Waals surface area contributed by atoms with E-state index in [-0.39, 0.29) is 0 Å². The van der Waals surface area contributed by atoms with Crippen LogP contribution in [0.3, 0.4) is 0 Å². The molecule has 6 nitrogen and oxygen atoms in total. The van der Waals surface area contributed by atoms with E-state index in [1.807, 2.05) is 18.2 Å². The fraction of sp³-hybridized carbons (Fsp3) is 0.167. The van der Waals surface area contributed by atoms with Gasteiger partial charge >= 0.3 is 0 Å². The molecule has 2 N–H and O–H groups in total. The van der Waals surface area contributed by atoms with Gasteiger partial charge in [0.2, 0.25) is 5.95 Å². The van der Waals surface area contributed by atoms with Crippen molar-refractivity contribution in [1.29, 1.82) is 0 Å². The summed E-state index contributed by atoms with van der Waals surface area (Å²) in [5.74, 6) is 0.721. The molecule has 4 rings (SSSR count). The number of hydrogen-bond acceptors (Lipinski definition) is 5. The molecule has 0 aliphatic heterocycles. The van der Waals surface area contributed by atoms with E-state index in [1.54, 1.807) is 11.3 Å². The summed E-state index contributed by atoms with van der Waals surface area (Å²) in [6.07, 6.45) is 1.52. The lowest BCUT2D eigenvalue weighted by molar-refractivity contribution is 0.879. The van der Waals surface area contributed by atoms with Crippen molar-refractivity contribution in [3.63, 3.8) is 0 Å². The summed E-state index contributed by atoms with van der Waals surface area (Å²) in [4.78, 5) is 8.99. The molecule has 25 heavy (non-hydrogen) atoms. The van der Waals surface area contributed by atoms with Crippen molar-refractivity contribution in [3.8, 4) is 17.2 Å². The Balaban J connectivity index is 1.57. The molecule has 0 saturated carbocycles. The van der Waals surface area contributed by atoms with Crippen LogP contribution in [0, 0.1) is 13.8 Å². The smallest absolute Gasteiger partial charge is 0.229 e. The molecule has 0 fully saturated rings. The molecule has 0 atom stereocenters. The Morgan fingerprint density at radius 1 is 1.20 bits per heavy atom. The first kappa shape index (κ1) is 15.6. The van der Waals surface area contributed by atoms with Gasteiger partial charge in [0, 0.05) is 28.9 Å². The fourth-order valence-electron chi connectivity index (χ4n) is 2.91. The molecule has 1 aromatic carbocycles. The molecule has 3 heterocycles. The van der Waals surface area contributed by atoms with Crippen molar-refractivity contribution < 1.29 is 0 Å². The summed E-state index contributed by atoms with van der Waals surface area (Å²) in [5.41, 5.74) is 5.50. The lowest BCUT2D eigenvalue weighted by Gasteiger charge is -2.04. The van der Waals surface area contributed by atoms with Crippen LogP contribution in [-0.2, 0) is 6.54 Å². The second kappa shape index (κ2) is 6.52. The van der Waals surface area contributed by atoms with E-state index in [0.29, 0.717) is 0 Å². The van der Waals surface area contributed by atoms with E-state index in [1.165, 1.54) is 11.9 Å². The zero-order valence-electron chi connectivity index (χ0n) is 14.0. The largest absolute Gasteiger partial charge is 0.357 e. The number of rotatable bonds is 5. The van der Waals surface area contributed by atoms with E-state index in [9.17, 15) is 0 Å². The van der Waals surface area contributed by atoms with Gasteiger partial charge in [-0.15, -0.1) is 11.3 Å². The van der Waals surface area contributed by atoms with Gasteiger partial charge in [0.25, 0.3) is 0 Å². The molecule has 7 heteroatoms. The zero-order valence-corrected chi connectivity index (χ0v) is 14.8. The average Bonchev–Trinajstić information content (AvgIpc) is 3.35. The molecule has 0 aliphatic rings. The van der Waals surface area contributed by atoms with Crippen LogP contribution in [0.5, 0.6) is 0 Å². The van der Waals surface area contributed by atoms with Crippen molar-refractivity contribution in [3.05, 3.63) is 65.1 Å². The van der Waals surface area contributed by atoms with Crippen LogP contribution in [0.2, 0.25) is 0 Å². The van der Waals surface area contributed by atoms with Gasteiger partial charge in [-0.3, -0.25) is 4.57 Å². The summed E-state index contributed by atoms with van der Waals surface area (Å²) in [7, 11) is 0. The van der Waals surface area contributed by atoms with Crippen molar-refractivity contribution in [1.82, 2.24) is 24.7 Å². The highest BCUT2D eigenvalue weighted by molar-refractivity contribution is 7.14. The Labute approximate surface area is 149 Å². The average molecular weight is 350 g/mol. The standard InChI is InChI=1S/C18H18N6S/c1-12-8-15(13(2)24(12)17-20-11-21-23-17)16-10-25-18(22-16)19-9-14-6-4-3-5-7-14/h3-8,10-11H,9H2,1-2H3,(H,19,22)(H,20,21,23). The second-order valence-electron chi connectivity index (χ2n) is 5.81. The highest BCUT2D eigenvalue weighted by Crippen LogP contribution is 2.31. The van der Waals surface area contributed by atoms with Crippen molar-refractivity contribution in [2.45, 2.75) is 20.4 Å². The molecular weight excluding hydrogens is 332 g/mol. The summed E-state index contributed by atoms with van der Waals surface area (Å²) < 4.78 is 2.05. The van der Waals surface area contributed by atoms with Gasteiger partial charge < -0.3 is 5.32 Å². The SMILES string of the molecule is Cc1cc(-c2csc(NCc3ccccc3)n2)c(C)n1-c1ncn[nH]1. The fourth-order valence-corrected chi connectivity index (χ4v) is 3.62. The highest BCUT2D eigenvalue weighted by Gasteiger charge is 2.16. The van der Waals surface area contributed by atoms with Gasteiger partial charge in [0.1, 0.15) is 6.33 Å². The molecule has 0 amide bonds. The second-order valence-corrected chi connectivity index (χ2v) is 6.66. The summed E-state index contributed by atoms with van der Waals surface area (Å²) in [5, 5.41) is 13.2. The van der Waals surface area contributed by atoms with Gasteiger partial charge in [-0.1, -0.05) is 30.3 Å². The molecule has 0 radical (unpaired) electrons. The summed E-state index contributed by atoms with van der Waals surface area (Å²) >= 11 is 1.62. The monoisotopic (exact) mass is 350 g/mol. The number of aryl methyl sites for hydroxylation is 1. The molecule has 3 aromatic heterocycles. The number of H-pyrrole nitrogens is 1. The van der Waals surface area contributed by atoms with E-state index >= 15 is 0 Å². The Morgan fingerprint density at radius 2 is 2.04 bits per heavy atom. The molecule has 0 spiro atoms. The summed E-state index contributed by atoms with van der Waals surface area (Å²) in [6.45, 7) is 4.89. The van der Waals surface area contributed by atoms with Crippen molar-refractivity contribution in [2.75, 3.05) is 5.32 Å². The van der Waals surface area contributed by atoms with Gasteiger partial charge in [0.05, 0.1) is 5.69 Å². The minimum atomic E-state index is 0.721. The van der Waals surface area contributed by atoms with Crippen LogP contribution in [0.15, 0.2) is 48.1 Å². The number of aromatic amines is 1. The Morgan fingerprint density at radius 3 is 2.80 bits per heavy atom. The van der Waals surface area contributed by atoms with Gasteiger partial charge in [-0.2, -0.15) is 10.1 Å². The van der Waals surface area contributed by atoms with E-state index in [0.717, 1.165) is 40.3 Å². The van der Waals surface area contributed by atoms with Gasteiger partial charge in [-0.25, -0.2) is 10.1 Å². The molecule has 0 saturated heterocycles. The minimum absolute atomic E-state index is 0.721. The first-order valence-electron chi connectivity index (χ1n) is 8.01. The van der Waals surface area contributed by atoms with Crippen LogP contribution in [-0.4, -0.2) is 24.7 Å². The predicted molar refractivity (Wildman–Crippen MR) is 100 cm³/mol. The van der Waals surface area contributed by atoms with E-state index in [4.69, 9.17) is 4.98 Å². The number of thiazole rings is 1. The molecular formula is C18H18N6S. The molecule has 126 valence electrons. The number of benzene rings is 1. The Hall–Kier alpha value is -2.93. The maximum atomic E-state index is 4.74. The topological polar surface area (TPSA) is 71.4 Å². The van der Waals surface area contributed by atoms with Gasteiger partial charge in [0.15, 0.2) is 5.13 Å². The van der Waals surface area contributed by atoms with Crippen LogP contribution in [0.4, 0.5) is 5.13 Å². The lowest BCUT2D eigenvalue weighted by Crippen LogP contribution is -2.01. The van der Waals surface area contributed by atoms with Gasteiger partial charge in [-0.05, 0) is 25.5 Å². The third-order valence-corrected chi connectivity index (χ3v) is 4.91. The number of nitrogens with zero attached hydrogens (tertiary/aromatic N) is 4. The lowest BCUT2D eigenvalue weighted by atomic mass is 10.2. The first-order chi connectivity index (χ1) is 12.2. The summed E-state index contributed by atoms with van der Waals surface area (Å²) in [6, 6.07) is 12.5. The quantitative estimate of drug-likeness (QED) is 0.572. The Bertz CT molecular complexity index is 969. The zero-order chi connectivity index (χ0) is 17.2. The van der Waals surface area contributed by atoms with Crippen molar-refractivity contribution >= 4 is 16.5 Å². The first-order valence-corrected chi connectivity index (χ1v) is 8.88. The third-order valence-electron chi connectivity index (χ3n) is 4.11.